The van der Waals surface area contributed by atoms with Crippen molar-refractivity contribution >= 4 is 16.7 Å². The van der Waals surface area contributed by atoms with Crippen LogP contribution in [0.1, 0.15) is 105 Å². The predicted molar refractivity (Wildman–Crippen MR) is 194 cm³/mol. The van der Waals surface area contributed by atoms with Crippen molar-refractivity contribution in [1.82, 2.24) is 10.2 Å². The topological polar surface area (TPSA) is 49.4 Å². The fraction of sp³-hybridized carbons (Fsp3) is 0.833. The molecule has 1 heterocycles. The molecule has 0 aromatic carbocycles. The SMILES string of the molecule is C=C(C)[C@@H]1CC[C@]2(C(=O)NCCN3CCS(=O)CC3)CC[C@]34C5C[C@H]6C(C)(C)C(C7=CC[C@H](CF)CC7)=CC[C@]6(C)[C@@H](CC[C@@H]3[C@@H]12)[C@@]54C. The van der Waals surface area contributed by atoms with Gasteiger partial charge in [0.25, 0.3) is 0 Å². The van der Waals surface area contributed by atoms with Crippen LogP contribution in [0.4, 0.5) is 4.39 Å². The van der Waals surface area contributed by atoms with E-state index in [-0.39, 0.29) is 23.4 Å². The van der Waals surface area contributed by atoms with E-state index in [9.17, 15) is 13.4 Å². The highest BCUT2D eigenvalue weighted by atomic mass is 32.2. The van der Waals surface area contributed by atoms with Crippen molar-refractivity contribution in [3.05, 3.63) is 35.5 Å². The Balaban J connectivity index is 1.06. The maximum atomic E-state index is 14.5. The Labute approximate surface area is 293 Å². The smallest absolute Gasteiger partial charge is 0.226 e. The quantitative estimate of drug-likeness (QED) is 0.276. The van der Waals surface area contributed by atoms with Crippen LogP contribution in [0.15, 0.2) is 35.5 Å². The highest BCUT2D eigenvalue weighted by molar-refractivity contribution is 7.85. The molecule has 6 heteroatoms. The third-order valence-corrected chi connectivity index (χ3v) is 18.6. The van der Waals surface area contributed by atoms with Gasteiger partial charge in [-0.15, -0.1) is 0 Å². The Morgan fingerprint density at radius 2 is 1.79 bits per heavy atom. The molecule has 0 bridgehead atoms. The molecule has 5 saturated carbocycles. The molecule has 8 rings (SSSR count). The lowest BCUT2D eigenvalue weighted by Gasteiger charge is -2.61. The number of fused-ring (bicyclic) bond motifs is 4. The Hall–Kier alpha value is -1.27. The molecule has 0 aromatic rings. The summed E-state index contributed by atoms with van der Waals surface area (Å²) < 4.78 is 25.3. The van der Waals surface area contributed by atoms with Gasteiger partial charge < -0.3 is 5.32 Å². The minimum absolute atomic E-state index is 0.125. The van der Waals surface area contributed by atoms with Crippen molar-refractivity contribution in [1.29, 1.82) is 0 Å². The lowest BCUT2D eigenvalue weighted by atomic mass is 9.43. The fourth-order valence-corrected chi connectivity index (χ4v) is 16.3. The van der Waals surface area contributed by atoms with E-state index in [0.29, 0.717) is 52.4 Å². The van der Waals surface area contributed by atoms with E-state index in [1.165, 1.54) is 43.3 Å². The molecule has 0 radical (unpaired) electrons. The average molecular weight is 679 g/mol. The van der Waals surface area contributed by atoms with E-state index >= 15 is 0 Å². The fourth-order valence-electron chi connectivity index (χ4n) is 15.2. The molecular formula is C42H63FN2O2S. The summed E-state index contributed by atoms with van der Waals surface area (Å²) in [6.07, 6.45) is 17.5. The first kappa shape index (κ1) is 33.9. The monoisotopic (exact) mass is 678 g/mol. The molecule has 4 nitrogen and oxygen atoms in total. The van der Waals surface area contributed by atoms with Gasteiger partial charge in [0.05, 0.1) is 12.1 Å². The van der Waals surface area contributed by atoms with E-state index in [2.05, 4.69) is 63.6 Å². The van der Waals surface area contributed by atoms with E-state index in [1.54, 1.807) is 5.57 Å². The third-order valence-electron chi connectivity index (χ3n) is 17.3. The van der Waals surface area contributed by atoms with Gasteiger partial charge in [0.2, 0.25) is 5.91 Å². The number of nitrogens with zero attached hydrogens (tertiary/aromatic N) is 1. The molecule has 266 valence electrons. The van der Waals surface area contributed by atoms with Crippen molar-refractivity contribution in [2.45, 2.75) is 105 Å². The number of hydrogen-bond donors (Lipinski definition) is 1. The number of amides is 1. The third kappa shape index (κ3) is 4.51. The van der Waals surface area contributed by atoms with Crippen LogP contribution in [-0.2, 0) is 15.6 Å². The molecule has 11 atom stereocenters. The first-order valence-corrected chi connectivity index (χ1v) is 21.3. The summed E-state index contributed by atoms with van der Waals surface area (Å²) in [6.45, 7) is 20.4. The molecule has 7 aliphatic carbocycles. The second-order valence-electron chi connectivity index (χ2n) is 19.1. The van der Waals surface area contributed by atoms with Gasteiger partial charge in [-0.25, -0.2) is 0 Å². The van der Waals surface area contributed by atoms with Gasteiger partial charge in [-0.2, -0.15) is 0 Å². The molecule has 1 amide bonds. The van der Waals surface area contributed by atoms with Crippen molar-refractivity contribution in [3.63, 3.8) is 0 Å². The van der Waals surface area contributed by atoms with Gasteiger partial charge in [-0.05, 0) is 152 Å². The molecule has 1 saturated heterocycles. The standard InChI is InChI=1S/C42H63FN2O2S/c1-27(2)30-13-16-41(37(46)44-19-20-45-21-23-48(47)24-22-45)17-18-42-32(36(30)41)11-12-33-39(5)15-14-31(29-9-7-28(26-43)8-10-29)38(3,4)34(39)25-35(42)40(33,42)6/h9,14,28,30,32-36H,1,7-8,10-13,15-26H2,2-6H3,(H,44,46)/t28-,30-,32+,33+,34-,35?,36+,39+,40-,41-,42+/m0/s1. The van der Waals surface area contributed by atoms with E-state index in [0.717, 1.165) is 81.5 Å². The number of hydrogen-bond acceptors (Lipinski definition) is 3. The van der Waals surface area contributed by atoms with Crippen LogP contribution in [0.2, 0.25) is 0 Å². The largest absolute Gasteiger partial charge is 0.354 e. The van der Waals surface area contributed by atoms with Crippen LogP contribution in [0.25, 0.3) is 0 Å². The summed E-state index contributed by atoms with van der Waals surface area (Å²) in [4.78, 5) is 16.9. The van der Waals surface area contributed by atoms with Crippen LogP contribution in [0.5, 0.6) is 0 Å². The highest BCUT2D eigenvalue weighted by Gasteiger charge is 2.86. The lowest BCUT2D eigenvalue weighted by molar-refractivity contribution is -0.146. The maximum Gasteiger partial charge on any atom is 0.226 e. The maximum absolute atomic E-state index is 14.5. The molecule has 1 N–H and O–H groups in total. The van der Waals surface area contributed by atoms with Crippen molar-refractivity contribution in [2.75, 3.05) is 44.4 Å². The second-order valence-corrected chi connectivity index (χ2v) is 20.8. The zero-order chi connectivity index (χ0) is 33.9. The number of carbonyl (C=O) groups is 1. The Morgan fingerprint density at radius 1 is 1.02 bits per heavy atom. The predicted octanol–water partition coefficient (Wildman–Crippen LogP) is 8.28. The molecular weight excluding hydrogens is 616 g/mol. The zero-order valence-corrected chi connectivity index (χ0v) is 31.5. The number of rotatable bonds is 7. The van der Waals surface area contributed by atoms with Crippen molar-refractivity contribution in [2.24, 2.45) is 68.5 Å². The summed E-state index contributed by atoms with van der Waals surface area (Å²) >= 11 is 0. The number of carbonyl (C=O) groups excluding carboxylic acids is 1. The number of nitrogens with one attached hydrogen (secondary N) is 1. The Kier molecular flexibility index (Phi) is 8.20. The molecule has 0 aromatic heterocycles. The van der Waals surface area contributed by atoms with Gasteiger partial charge in [-0.3, -0.25) is 18.3 Å². The first-order chi connectivity index (χ1) is 22.8. The Morgan fingerprint density at radius 3 is 2.48 bits per heavy atom. The van der Waals surface area contributed by atoms with Crippen LogP contribution in [-0.4, -0.2) is 59.4 Å². The molecule has 8 aliphatic rings. The molecule has 1 spiro atoms. The second kappa shape index (κ2) is 11.6. The highest BCUT2D eigenvalue weighted by Crippen LogP contribution is 2.92. The summed E-state index contributed by atoms with van der Waals surface area (Å²) in [5.41, 5.74) is 5.32. The normalized spacial score (nSPS) is 47.8. The minimum Gasteiger partial charge on any atom is -0.354 e. The molecule has 1 aliphatic heterocycles. The van der Waals surface area contributed by atoms with Gasteiger partial charge in [-0.1, -0.05) is 52.0 Å². The first-order valence-electron chi connectivity index (χ1n) is 19.8. The molecule has 1 unspecified atom stereocenters. The lowest BCUT2D eigenvalue weighted by Crippen LogP contribution is -2.56. The number of allylic oxidation sites excluding steroid dienone is 5. The number of halogens is 1. The summed E-state index contributed by atoms with van der Waals surface area (Å²) in [5.74, 6) is 5.70. The summed E-state index contributed by atoms with van der Waals surface area (Å²) in [6, 6.07) is 0. The minimum atomic E-state index is -0.671. The molecule has 6 fully saturated rings. The van der Waals surface area contributed by atoms with Crippen molar-refractivity contribution in [3.8, 4) is 0 Å². The van der Waals surface area contributed by atoms with Crippen LogP contribution in [0, 0.1) is 68.5 Å². The number of alkyl halides is 1. The van der Waals surface area contributed by atoms with E-state index in [1.807, 2.05) is 0 Å². The van der Waals surface area contributed by atoms with Crippen LogP contribution >= 0.6 is 0 Å². The van der Waals surface area contributed by atoms with Crippen LogP contribution < -0.4 is 5.32 Å². The van der Waals surface area contributed by atoms with Crippen LogP contribution in [0.3, 0.4) is 0 Å². The summed E-state index contributed by atoms with van der Waals surface area (Å²) in [7, 11) is -0.671. The van der Waals surface area contributed by atoms with Gasteiger partial charge in [0.1, 0.15) is 0 Å². The van der Waals surface area contributed by atoms with Gasteiger partial charge >= 0.3 is 0 Å². The summed E-state index contributed by atoms with van der Waals surface area (Å²) in [5, 5.41) is 3.49. The molecule has 48 heavy (non-hydrogen) atoms. The van der Waals surface area contributed by atoms with Gasteiger partial charge in [0.15, 0.2) is 0 Å². The van der Waals surface area contributed by atoms with Gasteiger partial charge in [0, 0.05) is 48.5 Å². The average Bonchev–Trinajstić information content (AvgIpc) is 3.36. The van der Waals surface area contributed by atoms with Crippen molar-refractivity contribution < 1.29 is 13.4 Å². The van der Waals surface area contributed by atoms with E-state index < -0.39 is 10.8 Å². The zero-order valence-electron chi connectivity index (χ0n) is 30.7. The Bertz CT molecular complexity index is 1440. The van der Waals surface area contributed by atoms with E-state index in [4.69, 9.17) is 0 Å².